The molecule has 0 aromatic rings. The van der Waals surface area contributed by atoms with Crippen molar-refractivity contribution in [3.63, 3.8) is 0 Å². The molecule has 0 bridgehead atoms. The van der Waals surface area contributed by atoms with E-state index in [1.807, 2.05) is 19.1 Å². The Kier molecular flexibility index (Phi) is 7.43. The minimum absolute atomic E-state index is 0.0419. The van der Waals surface area contributed by atoms with Crippen molar-refractivity contribution in [3.8, 4) is 0 Å². The van der Waals surface area contributed by atoms with Crippen LogP contribution >= 0.6 is 0 Å². The van der Waals surface area contributed by atoms with Gasteiger partial charge in [0.15, 0.2) is 5.78 Å². The molecule has 0 aliphatic heterocycles. The molecule has 0 radical (unpaired) electrons. The summed E-state index contributed by atoms with van der Waals surface area (Å²) in [5.41, 5.74) is 0.854. The first-order chi connectivity index (χ1) is 6.76. The molecule has 1 heteroatoms. The Labute approximate surface area is 86.5 Å². The molecule has 0 unspecified atom stereocenters. The fourth-order valence-electron chi connectivity index (χ4n) is 1.14. The van der Waals surface area contributed by atoms with E-state index >= 15 is 0 Å². The Bertz CT molecular complexity index is 256. The van der Waals surface area contributed by atoms with Crippen LogP contribution in [0.5, 0.6) is 0 Å². The van der Waals surface area contributed by atoms with Crippen LogP contribution in [0.4, 0.5) is 0 Å². The highest BCUT2D eigenvalue weighted by molar-refractivity contribution is 6.03. The summed E-state index contributed by atoms with van der Waals surface area (Å²) in [7, 11) is 0. The van der Waals surface area contributed by atoms with E-state index in [1.165, 1.54) is 6.08 Å². The van der Waals surface area contributed by atoms with Crippen molar-refractivity contribution >= 4 is 5.78 Å². The molecule has 0 heterocycles. The molecule has 0 saturated heterocycles. The summed E-state index contributed by atoms with van der Waals surface area (Å²) >= 11 is 0. The lowest BCUT2D eigenvalue weighted by Gasteiger charge is -2.00. The summed E-state index contributed by atoms with van der Waals surface area (Å²) in [6.45, 7) is 8.94. The number of ketones is 1. The second-order valence-electron chi connectivity index (χ2n) is 2.94. The summed E-state index contributed by atoms with van der Waals surface area (Å²) in [5.74, 6) is 0.0419. The van der Waals surface area contributed by atoms with Gasteiger partial charge in [-0.3, -0.25) is 4.79 Å². The first-order valence-corrected chi connectivity index (χ1v) is 4.85. The van der Waals surface area contributed by atoms with Crippen LogP contribution in [0.15, 0.2) is 49.1 Å². The number of hydrogen-bond acceptors (Lipinski definition) is 1. The van der Waals surface area contributed by atoms with Gasteiger partial charge in [-0.15, -0.1) is 0 Å². The Morgan fingerprint density at radius 1 is 1.36 bits per heavy atom. The maximum Gasteiger partial charge on any atom is 0.180 e. The fourth-order valence-corrected chi connectivity index (χ4v) is 1.14. The van der Waals surface area contributed by atoms with E-state index < -0.39 is 0 Å². The lowest BCUT2D eigenvalue weighted by atomic mass is 10.0. The van der Waals surface area contributed by atoms with Crippen LogP contribution in [0, 0.1) is 0 Å². The zero-order valence-electron chi connectivity index (χ0n) is 8.83. The summed E-state index contributed by atoms with van der Waals surface area (Å²) in [4.78, 5) is 11.2. The van der Waals surface area contributed by atoms with Crippen LogP contribution in [0.25, 0.3) is 0 Å². The van der Waals surface area contributed by atoms with Crippen LogP contribution in [0.1, 0.15) is 26.2 Å². The number of unbranched alkanes of at least 4 members (excludes halogenated alkanes) is 1. The molecule has 76 valence electrons. The van der Waals surface area contributed by atoms with Gasteiger partial charge in [-0.1, -0.05) is 37.5 Å². The second-order valence-corrected chi connectivity index (χ2v) is 2.94. The van der Waals surface area contributed by atoms with E-state index in [4.69, 9.17) is 0 Å². The molecule has 0 saturated carbocycles. The highest BCUT2D eigenvalue weighted by Crippen LogP contribution is 2.09. The highest BCUT2D eigenvalue weighted by atomic mass is 16.1. The predicted octanol–water partition coefficient (Wildman–Crippen LogP) is 3.60. The first kappa shape index (κ1) is 12.6. The molecule has 0 spiro atoms. The zero-order chi connectivity index (χ0) is 10.8. The van der Waals surface area contributed by atoms with E-state index in [2.05, 4.69) is 19.2 Å². The van der Waals surface area contributed by atoms with Crippen LogP contribution < -0.4 is 0 Å². The van der Waals surface area contributed by atoms with Crippen molar-refractivity contribution in [2.75, 3.05) is 0 Å². The van der Waals surface area contributed by atoms with Crippen LogP contribution in [-0.4, -0.2) is 5.78 Å². The summed E-state index contributed by atoms with van der Waals surface area (Å²) in [6, 6.07) is 0. The van der Waals surface area contributed by atoms with Gasteiger partial charge in [-0.2, -0.15) is 0 Å². The van der Waals surface area contributed by atoms with Gasteiger partial charge in [-0.05, 0) is 37.8 Å². The molecule has 0 aliphatic carbocycles. The maximum atomic E-state index is 11.2. The monoisotopic (exact) mass is 190 g/mol. The molecular formula is C13H18O. The molecule has 0 amide bonds. The summed E-state index contributed by atoms with van der Waals surface area (Å²) in [6.07, 6.45) is 11.8. The molecule has 1 nitrogen and oxygen atoms in total. The average Bonchev–Trinajstić information content (AvgIpc) is 2.22. The van der Waals surface area contributed by atoms with Crippen molar-refractivity contribution in [2.45, 2.75) is 26.2 Å². The Hall–Kier alpha value is -1.37. The average molecular weight is 190 g/mol. The lowest BCUT2D eigenvalue weighted by molar-refractivity contribution is -0.111. The normalized spacial score (nSPS) is 11.6. The van der Waals surface area contributed by atoms with Crippen molar-refractivity contribution in [1.29, 1.82) is 0 Å². The quantitative estimate of drug-likeness (QED) is 0.340. The maximum absolute atomic E-state index is 11.2. The third-order valence-corrected chi connectivity index (χ3v) is 1.94. The van der Waals surface area contributed by atoms with Crippen LogP contribution in [0.3, 0.4) is 0 Å². The van der Waals surface area contributed by atoms with E-state index in [-0.39, 0.29) is 5.78 Å². The SMILES string of the molecule is C=C/C=C/CCC/C(=C\C)C(=O)C=C. The summed E-state index contributed by atoms with van der Waals surface area (Å²) in [5, 5.41) is 0. The van der Waals surface area contributed by atoms with Crippen molar-refractivity contribution in [1.82, 2.24) is 0 Å². The van der Waals surface area contributed by atoms with Gasteiger partial charge in [0.2, 0.25) is 0 Å². The zero-order valence-corrected chi connectivity index (χ0v) is 8.83. The highest BCUT2D eigenvalue weighted by Gasteiger charge is 2.02. The fraction of sp³-hybridized carbons (Fsp3) is 0.308. The molecule has 0 aliphatic rings. The number of carbonyl (C=O) groups is 1. The topological polar surface area (TPSA) is 17.1 Å². The van der Waals surface area contributed by atoms with Crippen LogP contribution in [0.2, 0.25) is 0 Å². The van der Waals surface area contributed by atoms with E-state index in [0.29, 0.717) is 0 Å². The minimum Gasteiger partial charge on any atom is -0.290 e. The molecule has 0 aromatic carbocycles. The summed E-state index contributed by atoms with van der Waals surface area (Å²) < 4.78 is 0. The number of allylic oxidation sites excluding steroid dienone is 6. The van der Waals surface area contributed by atoms with Crippen molar-refractivity contribution in [2.24, 2.45) is 0 Å². The predicted molar refractivity (Wildman–Crippen MR) is 62.1 cm³/mol. The van der Waals surface area contributed by atoms with Gasteiger partial charge in [0.05, 0.1) is 0 Å². The standard InChI is InChI=1S/C13H18O/c1-4-7-8-9-10-11-12(5-2)13(14)6-3/h4-8H,1,3,9-11H2,2H3/b8-7+,12-5+. The van der Waals surface area contributed by atoms with E-state index in [9.17, 15) is 4.79 Å². The van der Waals surface area contributed by atoms with Crippen molar-refractivity contribution in [3.05, 3.63) is 49.1 Å². The molecule has 0 aromatic heterocycles. The lowest BCUT2D eigenvalue weighted by Crippen LogP contribution is -1.97. The van der Waals surface area contributed by atoms with Crippen LogP contribution in [-0.2, 0) is 4.79 Å². The Balaban J connectivity index is 3.86. The molecular weight excluding hydrogens is 172 g/mol. The van der Waals surface area contributed by atoms with Gasteiger partial charge in [-0.25, -0.2) is 0 Å². The molecule has 0 fully saturated rings. The molecule has 0 rings (SSSR count). The second kappa shape index (κ2) is 8.24. The largest absolute Gasteiger partial charge is 0.290 e. The molecule has 14 heavy (non-hydrogen) atoms. The first-order valence-electron chi connectivity index (χ1n) is 4.85. The van der Waals surface area contributed by atoms with Gasteiger partial charge in [0.1, 0.15) is 0 Å². The Morgan fingerprint density at radius 3 is 2.57 bits per heavy atom. The smallest absolute Gasteiger partial charge is 0.180 e. The number of hydrogen-bond donors (Lipinski definition) is 0. The van der Waals surface area contributed by atoms with Gasteiger partial charge in [0.25, 0.3) is 0 Å². The van der Waals surface area contributed by atoms with Gasteiger partial charge < -0.3 is 0 Å². The third-order valence-electron chi connectivity index (χ3n) is 1.94. The molecule has 0 N–H and O–H groups in total. The van der Waals surface area contributed by atoms with Crippen molar-refractivity contribution < 1.29 is 4.79 Å². The third kappa shape index (κ3) is 5.31. The van der Waals surface area contributed by atoms with Gasteiger partial charge >= 0.3 is 0 Å². The van der Waals surface area contributed by atoms with E-state index in [1.54, 1.807) is 6.08 Å². The number of carbonyl (C=O) groups excluding carboxylic acids is 1. The Morgan fingerprint density at radius 2 is 2.07 bits per heavy atom. The number of rotatable bonds is 7. The minimum atomic E-state index is 0.0419. The molecule has 0 atom stereocenters. The van der Waals surface area contributed by atoms with E-state index in [0.717, 1.165) is 24.8 Å². The van der Waals surface area contributed by atoms with Gasteiger partial charge in [0, 0.05) is 0 Å².